The van der Waals surface area contributed by atoms with Crippen molar-refractivity contribution in [1.82, 2.24) is 9.13 Å². The molecule has 0 amide bonds. The monoisotopic (exact) mass is 804 g/mol. The summed E-state index contributed by atoms with van der Waals surface area (Å²) in [5, 5.41) is 5.97. The van der Waals surface area contributed by atoms with E-state index in [9.17, 15) is 0 Å². The molecule has 0 atom stereocenters. The van der Waals surface area contributed by atoms with Gasteiger partial charge in [-0.2, -0.15) is 0 Å². The molecule has 0 fully saturated rings. The summed E-state index contributed by atoms with van der Waals surface area (Å²) in [6, 6.07) is 77.1. The number of aromatic nitrogens is 2. The smallest absolute Gasteiger partial charge is 0.135 e. The second-order valence-corrected chi connectivity index (χ2v) is 16.8. The molecule has 3 aromatic heterocycles. The second kappa shape index (κ2) is 14.2. The van der Waals surface area contributed by atoms with Crippen LogP contribution < -0.4 is 0 Å². The van der Waals surface area contributed by atoms with Crippen molar-refractivity contribution in [1.29, 1.82) is 0 Å². The van der Waals surface area contributed by atoms with E-state index in [-0.39, 0.29) is 0 Å². The van der Waals surface area contributed by atoms with Crippen LogP contribution in [0.2, 0.25) is 0 Å². The molecular formula is C60H40N2O. The first-order valence-corrected chi connectivity index (χ1v) is 21.9. The van der Waals surface area contributed by atoms with E-state index < -0.39 is 0 Å². The van der Waals surface area contributed by atoms with Gasteiger partial charge in [0, 0.05) is 49.6 Å². The summed E-state index contributed by atoms with van der Waals surface area (Å²) in [7, 11) is 0. The molecule has 9 aromatic carbocycles. The largest absolute Gasteiger partial charge is 0.456 e. The molecule has 13 rings (SSSR count). The Balaban J connectivity index is 0.918. The highest BCUT2D eigenvalue weighted by atomic mass is 16.3. The van der Waals surface area contributed by atoms with Crippen molar-refractivity contribution in [3.05, 3.63) is 229 Å². The van der Waals surface area contributed by atoms with Crippen LogP contribution in [0.15, 0.2) is 217 Å². The highest BCUT2D eigenvalue weighted by molar-refractivity contribution is 6.12. The third-order valence-electron chi connectivity index (χ3n) is 13.2. The Labute approximate surface area is 365 Å². The average molecular weight is 805 g/mol. The number of allylic oxidation sites excluding steroid dienone is 1. The van der Waals surface area contributed by atoms with Gasteiger partial charge in [-0.25, -0.2) is 0 Å². The van der Waals surface area contributed by atoms with Crippen LogP contribution in [-0.2, 0) is 6.42 Å². The molecule has 63 heavy (non-hydrogen) atoms. The van der Waals surface area contributed by atoms with E-state index in [1.165, 1.54) is 88.5 Å². The molecular weight excluding hydrogens is 765 g/mol. The SMILES string of the molecule is C1=C(c2cccc(-c3ccccc3)c2)CCc2c1c1ccccc1n2-c1ccc2oc3ccc(-n4c5ccccc5c5cc(-c6cccc(-c7ccccc7)c6)ccc54)cc3c2c1. The number of hydrogen-bond acceptors (Lipinski definition) is 1. The summed E-state index contributed by atoms with van der Waals surface area (Å²) in [5.41, 5.74) is 20.3. The van der Waals surface area contributed by atoms with Crippen LogP contribution in [0.25, 0.3) is 111 Å². The van der Waals surface area contributed by atoms with Gasteiger partial charge in [-0.15, -0.1) is 0 Å². The Morgan fingerprint density at radius 2 is 0.825 bits per heavy atom. The number of para-hydroxylation sites is 2. The van der Waals surface area contributed by atoms with Crippen molar-refractivity contribution in [3.8, 4) is 44.8 Å². The second-order valence-electron chi connectivity index (χ2n) is 16.8. The summed E-state index contributed by atoms with van der Waals surface area (Å²) >= 11 is 0. The number of nitrogens with zero attached hydrogens (tertiary/aromatic N) is 2. The topological polar surface area (TPSA) is 23.0 Å². The van der Waals surface area contributed by atoms with Gasteiger partial charge in [-0.1, -0.05) is 140 Å². The number of rotatable bonds is 6. The van der Waals surface area contributed by atoms with E-state index in [4.69, 9.17) is 4.42 Å². The normalized spacial score (nSPS) is 12.7. The molecule has 1 aliphatic rings. The third-order valence-corrected chi connectivity index (χ3v) is 13.2. The molecule has 296 valence electrons. The number of benzene rings is 9. The van der Waals surface area contributed by atoms with Crippen molar-refractivity contribution >= 4 is 66.3 Å². The third kappa shape index (κ3) is 5.81. The number of hydrogen-bond donors (Lipinski definition) is 0. The fraction of sp³-hybridized carbons (Fsp3) is 0.0333. The average Bonchev–Trinajstić information content (AvgIpc) is 4.01. The maximum absolute atomic E-state index is 6.56. The lowest BCUT2D eigenvalue weighted by Gasteiger charge is -2.18. The van der Waals surface area contributed by atoms with E-state index in [2.05, 4.69) is 228 Å². The number of furan rings is 1. The van der Waals surface area contributed by atoms with Gasteiger partial charge in [0.15, 0.2) is 0 Å². The molecule has 1 aliphatic carbocycles. The molecule has 0 N–H and O–H groups in total. The Morgan fingerprint density at radius 1 is 0.317 bits per heavy atom. The Kier molecular flexibility index (Phi) is 8.04. The van der Waals surface area contributed by atoms with Gasteiger partial charge in [0.2, 0.25) is 0 Å². The van der Waals surface area contributed by atoms with Crippen molar-refractivity contribution in [2.45, 2.75) is 12.8 Å². The van der Waals surface area contributed by atoms with Crippen LogP contribution in [0.1, 0.15) is 23.2 Å². The molecule has 0 spiro atoms. The molecule has 0 saturated carbocycles. The van der Waals surface area contributed by atoms with Crippen LogP contribution >= 0.6 is 0 Å². The minimum absolute atomic E-state index is 0.886. The summed E-state index contributed by atoms with van der Waals surface area (Å²) in [6.45, 7) is 0. The quantitative estimate of drug-likeness (QED) is 0.164. The van der Waals surface area contributed by atoms with Gasteiger partial charge in [-0.3, -0.25) is 0 Å². The Bertz CT molecular complexity index is 3790. The predicted molar refractivity (Wildman–Crippen MR) is 264 cm³/mol. The fourth-order valence-electron chi connectivity index (χ4n) is 10.2. The van der Waals surface area contributed by atoms with Crippen molar-refractivity contribution in [3.63, 3.8) is 0 Å². The van der Waals surface area contributed by atoms with Crippen LogP contribution in [0, 0.1) is 0 Å². The molecule has 3 nitrogen and oxygen atoms in total. The molecule has 3 heteroatoms. The van der Waals surface area contributed by atoms with E-state index >= 15 is 0 Å². The fourth-order valence-corrected chi connectivity index (χ4v) is 10.2. The molecule has 3 heterocycles. The highest BCUT2D eigenvalue weighted by Gasteiger charge is 2.23. The lowest BCUT2D eigenvalue weighted by atomic mass is 9.90. The van der Waals surface area contributed by atoms with Gasteiger partial charge in [-0.05, 0) is 136 Å². The highest BCUT2D eigenvalue weighted by Crippen LogP contribution is 2.42. The molecule has 0 unspecified atom stereocenters. The summed E-state index contributed by atoms with van der Waals surface area (Å²) in [6.07, 6.45) is 4.37. The minimum atomic E-state index is 0.886. The zero-order chi connectivity index (χ0) is 41.4. The maximum Gasteiger partial charge on any atom is 0.135 e. The van der Waals surface area contributed by atoms with Crippen LogP contribution in [0.4, 0.5) is 0 Å². The van der Waals surface area contributed by atoms with Crippen LogP contribution in [0.3, 0.4) is 0 Å². The Morgan fingerprint density at radius 3 is 1.51 bits per heavy atom. The van der Waals surface area contributed by atoms with E-state index in [1.807, 2.05) is 0 Å². The molecule has 0 bridgehead atoms. The first-order valence-electron chi connectivity index (χ1n) is 21.9. The lowest BCUT2D eigenvalue weighted by molar-refractivity contribution is 0.668. The zero-order valence-corrected chi connectivity index (χ0v) is 34.5. The van der Waals surface area contributed by atoms with Gasteiger partial charge >= 0.3 is 0 Å². The first kappa shape index (κ1) is 35.6. The van der Waals surface area contributed by atoms with E-state index in [0.29, 0.717) is 0 Å². The predicted octanol–water partition coefficient (Wildman–Crippen LogP) is 16.1. The summed E-state index contributed by atoms with van der Waals surface area (Å²) in [5.74, 6) is 0. The minimum Gasteiger partial charge on any atom is -0.456 e. The summed E-state index contributed by atoms with van der Waals surface area (Å²) < 4.78 is 11.5. The zero-order valence-electron chi connectivity index (χ0n) is 34.5. The van der Waals surface area contributed by atoms with E-state index in [1.54, 1.807) is 0 Å². The van der Waals surface area contributed by atoms with Crippen molar-refractivity contribution in [2.24, 2.45) is 0 Å². The lowest BCUT2D eigenvalue weighted by Crippen LogP contribution is -2.05. The molecule has 0 radical (unpaired) electrons. The van der Waals surface area contributed by atoms with Crippen molar-refractivity contribution < 1.29 is 4.42 Å². The summed E-state index contributed by atoms with van der Waals surface area (Å²) in [4.78, 5) is 0. The maximum atomic E-state index is 6.56. The van der Waals surface area contributed by atoms with Crippen molar-refractivity contribution in [2.75, 3.05) is 0 Å². The standard InChI is InChI=1S/C60H40N2O/c1-3-13-39(14-4-1)41-17-11-19-43(33-41)45-25-29-57-51(35-45)49-21-7-9-23-55(49)61(57)47-27-31-59-53(37-47)54-38-48(28-32-60(54)63-59)62-56-24-10-8-22-50(56)52-36-46(26-30-58(52)62)44-20-12-18-42(34-44)40-15-5-2-6-16-40/h1-25,27-29,31-38H,26,30H2. The molecule has 12 aromatic rings. The van der Waals surface area contributed by atoms with Gasteiger partial charge in [0.25, 0.3) is 0 Å². The van der Waals surface area contributed by atoms with Gasteiger partial charge in [0.05, 0.1) is 16.6 Å². The Hall–Kier alpha value is -8.14. The van der Waals surface area contributed by atoms with Gasteiger partial charge < -0.3 is 13.6 Å². The van der Waals surface area contributed by atoms with Crippen LogP contribution in [-0.4, -0.2) is 9.13 Å². The van der Waals surface area contributed by atoms with Crippen LogP contribution in [0.5, 0.6) is 0 Å². The van der Waals surface area contributed by atoms with Gasteiger partial charge in [0.1, 0.15) is 11.2 Å². The number of fused-ring (bicyclic) bond motifs is 9. The first-order chi connectivity index (χ1) is 31.2. The van der Waals surface area contributed by atoms with E-state index in [0.717, 1.165) is 46.2 Å². The molecule has 0 aliphatic heterocycles. The molecule has 0 saturated heterocycles.